The van der Waals surface area contributed by atoms with Gasteiger partial charge in [-0.3, -0.25) is 4.98 Å². The van der Waals surface area contributed by atoms with Crippen LogP contribution in [0.2, 0.25) is 0 Å². The van der Waals surface area contributed by atoms with Crippen LogP contribution in [0.15, 0.2) is 48.8 Å². The van der Waals surface area contributed by atoms with E-state index in [-0.39, 0.29) is 6.10 Å². The maximum Gasteiger partial charge on any atom is 0.0583 e. The monoisotopic (exact) mass is 241 g/mol. The number of rotatable bonds is 5. The summed E-state index contributed by atoms with van der Waals surface area (Å²) < 4.78 is 0. The molecular weight excluding hydrogens is 222 g/mol. The van der Waals surface area contributed by atoms with E-state index in [1.807, 2.05) is 12.1 Å². The molecule has 1 heterocycles. The molecule has 2 rings (SSSR count). The lowest BCUT2D eigenvalue weighted by Gasteiger charge is -2.10. The average molecular weight is 241 g/mol. The molecule has 1 aromatic heterocycles. The summed E-state index contributed by atoms with van der Waals surface area (Å²) in [5, 5.41) is 10.0. The molecule has 0 aliphatic rings. The molecule has 0 aliphatic heterocycles. The Hall–Kier alpha value is -1.67. The van der Waals surface area contributed by atoms with Gasteiger partial charge in [0, 0.05) is 12.4 Å². The largest absolute Gasteiger partial charge is 0.393 e. The third-order valence-corrected chi connectivity index (χ3v) is 3.11. The SMILES string of the molecule is Cc1ccc(CC(O)CCc2ccncc2)cc1. The first-order chi connectivity index (χ1) is 8.74. The molecule has 0 amide bonds. The molecule has 2 heteroatoms. The molecule has 0 saturated heterocycles. The number of pyridine rings is 1. The highest BCUT2D eigenvalue weighted by molar-refractivity contribution is 5.21. The molecule has 1 unspecified atom stereocenters. The van der Waals surface area contributed by atoms with Crippen molar-refractivity contribution in [1.29, 1.82) is 0 Å². The summed E-state index contributed by atoms with van der Waals surface area (Å²) in [5.74, 6) is 0. The summed E-state index contributed by atoms with van der Waals surface area (Å²) in [7, 11) is 0. The zero-order valence-corrected chi connectivity index (χ0v) is 10.7. The van der Waals surface area contributed by atoms with E-state index in [9.17, 15) is 5.11 Å². The van der Waals surface area contributed by atoms with Crippen molar-refractivity contribution in [2.24, 2.45) is 0 Å². The summed E-state index contributed by atoms with van der Waals surface area (Å²) in [4.78, 5) is 3.99. The third kappa shape index (κ3) is 3.97. The highest BCUT2D eigenvalue weighted by Gasteiger charge is 2.06. The fourth-order valence-corrected chi connectivity index (χ4v) is 1.98. The zero-order chi connectivity index (χ0) is 12.8. The van der Waals surface area contributed by atoms with Crippen molar-refractivity contribution >= 4 is 0 Å². The number of aliphatic hydroxyl groups excluding tert-OH is 1. The average Bonchev–Trinajstić information content (AvgIpc) is 2.40. The van der Waals surface area contributed by atoms with Crippen LogP contribution in [-0.2, 0) is 12.8 Å². The summed E-state index contributed by atoms with van der Waals surface area (Å²) >= 11 is 0. The summed E-state index contributed by atoms with van der Waals surface area (Å²) in [6.45, 7) is 2.07. The Kier molecular flexibility index (Phi) is 4.48. The molecule has 1 N–H and O–H groups in total. The van der Waals surface area contributed by atoms with Gasteiger partial charge >= 0.3 is 0 Å². The molecule has 18 heavy (non-hydrogen) atoms. The van der Waals surface area contributed by atoms with E-state index in [1.165, 1.54) is 16.7 Å². The Bertz CT molecular complexity index is 464. The lowest BCUT2D eigenvalue weighted by molar-refractivity contribution is 0.165. The van der Waals surface area contributed by atoms with Crippen molar-refractivity contribution in [1.82, 2.24) is 4.98 Å². The smallest absolute Gasteiger partial charge is 0.0583 e. The maximum atomic E-state index is 10.0. The van der Waals surface area contributed by atoms with Crippen molar-refractivity contribution in [3.8, 4) is 0 Å². The van der Waals surface area contributed by atoms with Gasteiger partial charge in [-0.2, -0.15) is 0 Å². The predicted octanol–water partition coefficient (Wildman–Crippen LogP) is 2.93. The summed E-state index contributed by atoms with van der Waals surface area (Å²) in [6, 6.07) is 12.4. The van der Waals surface area contributed by atoms with Crippen molar-refractivity contribution in [3.63, 3.8) is 0 Å². The van der Waals surface area contributed by atoms with Gasteiger partial charge in [-0.15, -0.1) is 0 Å². The van der Waals surface area contributed by atoms with Crippen LogP contribution in [0.5, 0.6) is 0 Å². The fourth-order valence-electron chi connectivity index (χ4n) is 1.98. The predicted molar refractivity (Wildman–Crippen MR) is 73.4 cm³/mol. The maximum absolute atomic E-state index is 10.0. The molecule has 2 aromatic rings. The van der Waals surface area contributed by atoms with E-state index in [0.717, 1.165) is 19.3 Å². The number of hydrogen-bond acceptors (Lipinski definition) is 2. The second-order valence-electron chi connectivity index (χ2n) is 4.74. The molecule has 0 aliphatic carbocycles. The van der Waals surface area contributed by atoms with E-state index >= 15 is 0 Å². The van der Waals surface area contributed by atoms with Crippen LogP contribution in [0.25, 0.3) is 0 Å². The summed E-state index contributed by atoms with van der Waals surface area (Å²) in [6.07, 6.45) is 5.73. The lowest BCUT2D eigenvalue weighted by Crippen LogP contribution is -2.11. The van der Waals surface area contributed by atoms with Gasteiger partial charge in [0.05, 0.1) is 6.10 Å². The quantitative estimate of drug-likeness (QED) is 0.873. The highest BCUT2D eigenvalue weighted by Crippen LogP contribution is 2.10. The lowest BCUT2D eigenvalue weighted by atomic mass is 10.0. The van der Waals surface area contributed by atoms with Crippen molar-refractivity contribution in [3.05, 3.63) is 65.5 Å². The van der Waals surface area contributed by atoms with Crippen LogP contribution >= 0.6 is 0 Å². The highest BCUT2D eigenvalue weighted by atomic mass is 16.3. The van der Waals surface area contributed by atoms with Crippen molar-refractivity contribution in [2.75, 3.05) is 0 Å². The third-order valence-electron chi connectivity index (χ3n) is 3.11. The van der Waals surface area contributed by atoms with Crippen LogP contribution in [0, 0.1) is 6.92 Å². The molecule has 2 nitrogen and oxygen atoms in total. The van der Waals surface area contributed by atoms with E-state index in [1.54, 1.807) is 12.4 Å². The van der Waals surface area contributed by atoms with E-state index < -0.39 is 0 Å². The van der Waals surface area contributed by atoms with Crippen LogP contribution in [0.3, 0.4) is 0 Å². The van der Waals surface area contributed by atoms with Crippen molar-refractivity contribution in [2.45, 2.75) is 32.3 Å². The number of aromatic nitrogens is 1. The molecule has 0 spiro atoms. The Morgan fingerprint density at radius 3 is 2.33 bits per heavy atom. The minimum atomic E-state index is -0.277. The first-order valence-corrected chi connectivity index (χ1v) is 6.36. The molecule has 0 fully saturated rings. The van der Waals surface area contributed by atoms with E-state index in [2.05, 4.69) is 36.2 Å². The van der Waals surface area contributed by atoms with Gasteiger partial charge in [-0.1, -0.05) is 29.8 Å². The normalized spacial score (nSPS) is 12.3. The number of aryl methyl sites for hydroxylation is 2. The van der Waals surface area contributed by atoms with Gasteiger partial charge in [0.25, 0.3) is 0 Å². The van der Waals surface area contributed by atoms with Gasteiger partial charge in [-0.05, 0) is 49.4 Å². The van der Waals surface area contributed by atoms with Gasteiger partial charge < -0.3 is 5.11 Å². The van der Waals surface area contributed by atoms with Crippen LogP contribution in [-0.4, -0.2) is 16.2 Å². The second-order valence-corrected chi connectivity index (χ2v) is 4.74. The second kappa shape index (κ2) is 6.31. The van der Waals surface area contributed by atoms with Crippen LogP contribution in [0.1, 0.15) is 23.1 Å². The molecule has 0 saturated carbocycles. The molecule has 0 bridgehead atoms. The first-order valence-electron chi connectivity index (χ1n) is 6.36. The number of aliphatic hydroxyl groups is 1. The standard InChI is InChI=1S/C16H19NO/c1-13-2-4-15(5-3-13)12-16(18)7-6-14-8-10-17-11-9-14/h2-5,8-11,16,18H,6-7,12H2,1H3. The Morgan fingerprint density at radius 2 is 1.67 bits per heavy atom. The van der Waals surface area contributed by atoms with Crippen LogP contribution in [0.4, 0.5) is 0 Å². The Morgan fingerprint density at radius 1 is 1.00 bits per heavy atom. The Balaban J connectivity index is 1.82. The molecule has 1 aromatic carbocycles. The molecular formula is C16H19NO. The van der Waals surface area contributed by atoms with Gasteiger partial charge in [0.2, 0.25) is 0 Å². The zero-order valence-electron chi connectivity index (χ0n) is 10.7. The van der Waals surface area contributed by atoms with E-state index in [4.69, 9.17) is 0 Å². The molecule has 1 atom stereocenters. The molecule has 0 radical (unpaired) electrons. The van der Waals surface area contributed by atoms with Crippen molar-refractivity contribution < 1.29 is 5.11 Å². The minimum Gasteiger partial charge on any atom is -0.393 e. The van der Waals surface area contributed by atoms with Gasteiger partial charge in [0.1, 0.15) is 0 Å². The number of hydrogen-bond donors (Lipinski definition) is 1. The first kappa shape index (κ1) is 12.8. The van der Waals surface area contributed by atoms with Crippen LogP contribution < -0.4 is 0 Å². The van der Waals surface area contributed by atoms with Gasteiger partial charge in [0.15, 0.2) is 0 Å². The summed E-state index contributed by atoms with van der Waals surface area (Å²) in [5.41, 5.74) is 3.68. The minimum absolute atomic E-state index is 0.277. The number of benzene rings is 1. The van der Waals surface area contributed by atoms with Gasteiger partial charge in [-0.25, -0.2) is 0 Å². The Labute approximate surface area is 108 Å². The fraction of sp³-hybridized carbons (Fsp3) is 0.312. The van der Waals surface area contributed by atoms with E-state index in [0.29, 0.717) is 0 Å². The number of nitrogens with zero attached hydrogens (tertiary/aromatic N) is 1. The molecule has 94 valence electrons. The topological polar surface area (TPSA) is 33.1 Å².